The first-order valence-corrected chi connectivity index (χ1v) is 20.0. The Hall–Kier alpha value is -2.98. The number of benzene rings is 2. The maximum atomic E-state index is 14.4. The van der Waals surface area contributed by atoms with E-state index in [1.807, 2.05) is 39.0 Å². The number of carbonyl (C=O) groups excluding carboxylic acids is 3. The first-order valence-electron chi connectivity index (χ1n) is 16.9. The van der Waals surface area contributed by atoms with Crippen molar-refractivity contribution >= 4 is 55.9 Å². The number of carbonyl (C=O) groups is 3. The summed E-state index contributed by atoms with van der Waals surface area (Å²) in [6.07, 6.45) is 0.987. The number of rotatable bonds is 20. The molecule has 2 aromatic rings. The minimum atomic E-state index is -3.90. The summed E-state index contributed by atoms with van der Waals surface area (Å²) in [6, 6.07) is 7.79. The Morgan fingerprint density at radius 3 is 2.28 bits per heavy atom. The highest BCUT2D eigenvalue weighted by molar-refractivity contribution is 8.23. The van der Waals surface area contributed by atoms with Crippen molar-refractivity contribution in [3.05, 3.63) is 70.8 Å². The third-order valence-electron chi connectivity index (χ3n) is 8.54. The molecule has 0 unspecified atom stereocenters. The van der Waals surface area contributed by atoms with E-state index in [0.29, 0.717) is 42.0 Å². The summed E-state index contributed by atoms with van der Waals surface area (Å²) in [5.74, 6) is -3.73. The fourth-order valence-electron chi connectivity index (χ4n) is 5.89. The topological polar surface area (TPSA) is 150 Å². The molecule has 0 bridgehead atoms. The largest absolute Gasteiger partial charge is 0.390 e. The molecule has 1 fully saturated rings. The van der Waals surface area contributed by atoms with E-state index in [2.05, 4.69) is 5.32 Å². The molecule has 0 saturated carbocycles. The molecule has 15 heteroatoms. The van der Waals surface area contributed by atoms with Crippen molar-refractivity contribution in [1.29, 1.82) is 0 Å². The second kappa shape index (κ2) is 19.6. The molecule has 3 rings (SSSR count). The van der Waals surface area contributed by atoms with Crippen LogP contribution in [0.25, 0.3) is 0 Å². The molecule has 2 aromatic carbocycles. The highest BCUT2D eigenvalue weighted by Crippen LogP contribution is 2.21. The fourth-order valence-corrected chi connectivity index (χ4v) is 9.16. The van der Waals surface area contributed by atoms with Crippen LogP contribution < -0.4 is 11.1 Å². The van der Waals surface area contributed by atoms with E-state index in [9.17, 15) is 36.7 Å². The predicted molar refractivity (Wildman–Crippen MR) is 196 cm³/mol. The number of nitrogens with two attached hydrogens (primary N) is 1. The highest BCUT2D eigenvalue weighted by atomic mass is 32.2. The van der Waals surface area contributed by atoms with Crippen molar-refractivity contribution in [2.45, 2.75) is 95.7 Å². The molecular weight excluding hydrogens is 707 g/mol. The van der Waals surface area contributed by atoms with Gasteiger partial charge in [0.05, 0.1) is 22.9 Å². The number of aliphatic hydroxyl groups is 1. The molecule has 1 heterocycles. The van der Waals surface area contributed by atoms with Gasteiger partial charge in [-0.15, -0.1) is 0 Å². The molecule has 276 valence electrons. The highest BCUT2D eigenvalue weighted by Gasteiger charge is 2.36. The Bertz CT molecular complexity index is 1570. The molecule has 0 aromatic heterocycles. The molecule has 4 N–H and O–H groups in total. The van der Waals surface area contributed by atoms with E-state index < -0.39 is 62.5 Å². The number of hydrogen-bond acceptors (Lipinski definition) is 9. The average molecular weight is 755 g/mol. The average Bonchev–Trinajstić information content (AvgIpc) is 3.38. The summed E-state index contributed by atoms with van der Waals surface area (Å²) >= 11 is 6.39. The van der Waals surface area contributed by atoms with Crippen molar-refractivity contribution in [1.82, 2.24) is 15.1 Å². The van der Waals surface area contributed by atoms with Crippen LogP contribution in [-0.2, 0) is 43.6 Å². The molecule has 10 nitrogen and oxygen atoms in total. The van der Waals surface area contributed by atoms with Gasteiger partial charge in [0.2, 0.25) is 17.7 Å². The van der Waals surface area contributed by atoms with Crippen LogP contribution in [0.1, 0.15) is 69.6 Å². The monoisotopic (exact) mass is 754 g/mol. The van der Waals surface area contributed by atoms with Crippen molar-refractivity contribution in [2.24, 2.45) is 5.73 Å². The van der Waals surface area contributed by atoms with E-state index in [4.69, 9.17) is 18.0 Å². The second-order valence-corrected chi connectivity index (χ2v) is 16.5. The van der Waals surface area contributed by atoms with Crippen molar-refractivity contribution < 1.29 is 36.7 Å². The van der Waals surface area contributed by atoms with Crippen LogP contribution in [0.4, 0.5) is 8.78 Å². The van der Waals surface area contributed by atoms with Gasteiger partial charge >= 0.3 is 0 Å². The number of hydrogen-bond donors (Lipinski definition) is 3. The maximum absolute atomic E-state index is 14.4. The number of aryl methyl sites for hydroxylation is 1. The third-order valence-corrected chi connectivity index (χ3v) is 12.3. The van der Waals surface area contributed by atoms with Gasteiger partial charge in [-0.1, -0.05) is 81.9 Å². The molecule has 0 radical (unpaired) electrons. The Balaban J connectivity index is 1.94. The molecule has 1 saturated heterocycles. The Kier molecular flexibility index (Phi) is 16.2. The maximum Gasteiger partial charge on any atom is 0.246 e. The smallest absolute Gasteiger partial charge is 0.246 e. The molecule has 0 spiro atoms. The Morgan fingerprint density at radius 1 is 1.06 bits per heavy atom. The summed E-state index contributed by atoms with van der Waals surface area (Å²) in [6.45, 7) is 5.29. The zero-order valence-electron chi connectivity index (χ0n) is 28.8. The van der Waals surface area contributed by atoms with E-state index in [0.717, 1.165) is 23.8 Å². The van der Waals surface area contributed by atoms with Gasteiger partial charge in [-0.3, -0.25) is 19.3 Å². The van der Waals surface area contributed by atoms with Gasteiger partial charge in [0.15, 0.2) is 9.84 Å². The summed E-state index contributed by atoms with van der Waals surface area (Å²) < 4.78 is 55.6. The van der Waals surface area contributed by atoms with Gasteiger partial charge in [0.25, 0.3) is 0 Å². The normalized spacial score (nSPS) is 15.3. The number of nitrogens with one attached hydrogen (secondary N) is 1. The lowest BCUT2D eigenvalue weighted by Crippen LogP contribution is -2.55. The van der Waals surface area contributed by atoms with E-state index in [1.54, 1.807) is 6.07 Å². The van der Waals surface area contributed by atoms with E-state index in [1.165, 1.54) is 21.6 Å². The minimum absolute atomic E-state index is 0.0276. The van der Waals surface area contributed by atoms with Crippen LogP contribution in [0.15, 0.2) is 42.5 Å². The number of thioether (sulfide) groups is 1. The second-order valence-electron chi connectivity index (χ2n) is 12.6. The van der Waals surface area contributed by atoms with Gasteiger partial charge in [0.1, 0.15) is 22.0 Å². The molecule has 3 atom stereocenters. The zero-order valence-corrected chi connectivity index (χ0v) is 31.2. The first kappa shape index (κ1) is 41.4. The lowest BCUT2D eigenvalue weighted by molar-refractivity contribution is -0.138. The van der Waals surface area contributed by atoms with Crippen LogP contribution in [0.3, 0.4) is 0 Å². The summed E-state index contributed by atoms with van der Waals surface area (Å²) in [5.41, 5.74) is 8.18. The van der Waals surface area contributed by atoms with Crippen LogP contribution in [0.2, 0.25) is 0 Å². The quantitative estimate of drug-likeness (QED) is 0.171. The Labute approximate surface area is 303 Å². The van der Waals surface area contributed by atoms with Crippen LogP contribution >= 0.6 is 24.0 Å². The number of aliphatic hydroxyl groups excluding tert-OH is 1. The number of thiocarbonyl (C=S) groups is 1. The van der Waals surface area contributed by atoms with Gasteiger partial charge in [-0.2, -0.15) is 0 Å². The molecule has 0 aliphatic carbocycles. The molecule has 1 aliphatic heterocycles. The van der Waals surface area contributed by atoms with Crippen molar-refractivity contribution in [2.75, 3.05) is 24.6 Å². The SMILES string of the molecule is CCCC(CCC)S(=O)(=O)C[C@H](NC(=O)CCN1C(=O)CSC1=S)C(=O)N(Cc1cccc(CC)c1)C[C@@H](O)[C@@H](N)Cc1cc(F)cc(F)c1. The molecule has 1 aliphatic rings. The minimum Gasteiger partial charge on any atom is -0.390 e. The van der Waals surface area contributed by atoms with Gasteiger partial charge in [-0.05, 0) is 54.5 Å². The van der Waals surface area contributed by atoms with Gasteiger partial charge in [-0.25, -0.2) is 17.2 Å². The molecule has 50 heavy (non-hydrogen) atoms. The van der Waals surface area contributed by atoms with E-state index >= 15 is 0 Å². The fraction of sp³-hybridized carbons (Fsp3) is 0.543. The summed E-state index contributed by atoms with van der Waals surface area (Å²) in [4.78, 5) is 42.5. The number of nitrogens with zero attached hydrogens (tertiary/aromatic N) is 2. The lowest BCUT2D eigenvalue weighted by Gasteiger charge is -2.32. The zero-order chi connectivity index (χ0) is 37.0. The first-order chi connectivity index (χ1) is 23.7. The van der Waals surface area contributed by atoms with Crippen molar-refractivity contribution in [3.8, 4) is 0 Å². The van der Waals surface area contributed by atoms with Crippen molar-refractivity contribution in [3.63, 3.8) is 0 Å². The number of sulfone groups is 1. The van der Waals surface area contributed by atoms with Gasteiger partial charge < -0.3 is 21.1 Å². The number of halogens is 2. The molecule has 3 amide bonds. The number of amides is 3. The summed E-state index contributed by atoms with van der Waals surface area (Å²) in [7, 11) is -3.90. The lowest BCUT2D eigenvalue weighted by atomic mass is 10.0. The summed E-state index contributed by atoms with van der Waals surface area (Å²) in [5, 5.41) is 13.1. The van der Waals surface area contributed by atoms with Gasteiger partial charge in [0, 0.05) is 38.2 Å². The molecular formula is C35H48F2N4O6S3. The standard InChI is InChI=1S/C35H48F2N4O6S3/c1-4-8-28(9-5-2)50(46,47)22-30(39-32(43)12-13-41-33(44)21-49-35(41)48)34(45)40(19-24-11-7-10-23(6-3)14-24)20-31(42)29(38)17-25-15-26(36)18-27(37)16-25/h7,10-11,14-16,18,28-31,42H,4-6,8-9,12-13,17,19-22,38H2,1-3H3,(H,39,43)/t29-,30-,31+/m0/s1. The third kappa shape index (κ3) is 12.4. The Morgan fingerprint density at radius 2 is 1.70 bits per heavy atom. The van der Waals surface area contributed by atoms with E-state index in [-0.39, 0.29) is 49.7 Å². The van der Waals surface area contributed by atoms with Crippen LogP contribution in [0.5, 0.6) is 0 Å². The predicted octanol–water partition coefficient (Wildman–Crippen LogP) is 3.91. The van der Waals surface area contributed by atoms with Crippen LogP contribution in [-0.4, -0.2) is 93.4 Å². The van der Waals surface area contributed by atoms with Crippen LogP contribution in [0, 0.1) is 11.6 Å².